The number of nitrogens with zero attached hydrogens (tertiary/aromatic N) is 3. The Morgan fingerprint density at radius 2 is 2.14 bits per heavy atom. The summed E-state index contributed by atoms with van der Waals surface area (Å²) >= 11 is 0. The number of benzene rings is 1. The number of hydrogen-bond acceptors (Lipinski definition) is 7. The third-order valence-electron chi connectivity index (χ3n) is 5.92. The largest absolute Gasteiger partial charge is 0.507 e. The van der Waals surface area contributed by atoms with Gasteiger partial charge in [0.2, 0.25) is 0 Å². The third kappa shape index (κ3) is 3.45. The molecule has 2 aliphatic rings. The summed E-state index contributed by atoms with van der Waals surface area (Å²) in [7, 11) is 0. The average Bonchev–Trinajstić information content (AvgIpc) is 3.13. The van der Waals surface area contributed by atoms with Gasteiger partial charge in [-0.1, -0.05) is 6.07 Å². The van der Waals surface area contributed by atoms with Gasteiger partial charge in [0.25, 0.3) is 0 Å². The highest BCUT2D eigenvalue weighted by molar-refractivity contribution is 6.08. The Kier molecular flexibility index (Phi) is 5.00. The maximum atomic E-state index is 10.4. The van der Waals surface area contributed by atoms with Gasteiger partial charge < -0.3 is 26.5 Å². The molecule has 1 aromatic carbocycles. The van der Waals surface area contributed by atoms with E-state index in [2.05, 4.69) is 20.4 Å². The number of allylic oxidation sites excluding steroid dienone is 1. The number of piperidine rings is 1. The summed E-state index contributed by atoms with van der Waals surface area (Å²) in [6.45, 7) is 4.24. The Labute approximate surface area is 164 Å². The van der Waals surface area contributed by atoms with Crippen LogP contribution in [0.25, 0.3) is 16.8 Å². The van der Waals surface area contributed by atoms with Crippen LogP contribution in [0, 0.1) is 10.8 Å². The summed E-state index contributed by atoms with van der Waals surface area (Å²) in [5.41, 5.74) is 8.35. The van der Waals surface area contributed by atoms with E-state index in [0.29, 0.717) is 27.8 Å². The van der Waals surface area contributed by atoms with E-state index in [4.69, 9.17) is 11.1 Å². The van der Waals surface area contributed by atoms with Crippen molar-refractivity contribution in [3.8, 4) is 17.0 Å². The minimum atomic E-state index is 0.0918. The fraction of sp³-hybridized carbons (Fsp3) is 0.381. The number of hydrogen-bond donors (Lipinski definition) is 4. The fourth-order valence-corrected chi connectivity index (χ4v) is 4.30. The Morgan fingerprint density at radius 1 is 1.25 bits per heavy atom. The molecule has 146 valence electrons. The summed E-state index contributed by atoms with van der Waals surface area (Å²) in [6, 6.07) is 9.06. The zero-order chi connectivity index (χ0) is 19.6. The van der Waals surface area contributed by atoms with Gasteiger partial charge in [0.1, 0.15) is 5.75 Å². The van der Waals surface area contributed by atoms with Gasteiger partial charge in [0, 0.05) is 48.6 Å². The van der Waals surface area contributed by atoms with E-state index in [1.165, 1.54) is 25.5 Å². The lowest BCUT2D eigenvalue weighted by molar-refractivity contribution is 0.239. The second kappa shape index (κ2) is 7.59. The predicted molar refractivity (Wildman–Crippen MR) is 111 cm³/mol. The monoisotopic (exact) mass is 378 g/mol. The molecule has 1 aromatic heterocycles. The van der Waals surface area contributed by atoms with Gasteiger partial charge >= 0.3 is 0 Å². The van der Waals surface area contributed by atoms with E-state index in [9.17, 15) is 5.11 Å². The molecular formula is C21H26N6O. The lowest BCUT2D eigenvalue weighted by Gasteiger charge is -2.33. The van der Waals surface area contributed by atoms with Gasteiger partial charge in [-0.3, -0.25) is 0 Å². The minimum absolute atomic E-state index is 0.0918. The quantitative estimate of drug-likeness (QED) is 0.608. The van der Waals surface area contributed by atoms with Crippen LogP contribution in [-0.2, 0) is 0 Å². The van der Waals surface area contributed by atoms with Crippen molar-refractivity contribution in [3.05, 3.63) is 42.1 Å². The maximum Gasteiger partial charge on any atom is 0.151 e. The molecule has 0 saturated carbocycles. The molecule has 28 heavy (non-hydrogen) atoms. The zero-order valence-electron chi connectivity index (χ0n) is 15.9. The molecule has 0 bridgehead atoms. The Morgan fingerprint density at radius 3 is 2.79 bits per heavy atom. The minimum Gasteiger partial charge on any atom is -0.507 e. The standard InChI is InChI=1S/C21H26N6O/c22-11-16(12-23)15-2-3-17(19(28)10-15)18-4-5-20(26-25-18)27-9-7-21(14-27)6-1-8-24-13-21/h2-5,10-12,22,24,28H,1,6-9,13-14,23H2/b16-12+,22-11?. The van der Waals surface area contributed by atoms with Gasteiger partial charge in [0.15, 0.2) is 5.82 Å². The van der Waals surface area contributed by atoms with Crippen LogP contribution in [0.5, 0.6) is 5.75 Å². The molecule has 1 atom stereocenters. The fourth-order valence-electron chi connectivity index (χ4n) is 4.30. The van der Waals surface area contributed by atoms with Crippen LogP contribution in [0.3, 0.4) is 0 Å². The number of aromatic nitrogens is 2. The van der Waals surface area contributed by atoms with Crippen LogP contribution in [0.15, 0.2) is 36.5 Å². The van der Waals surface area contributed by atoms with Crippen molar-refractivity contribution in [1.29, 1.82) is 5.41 Å². The highest BCUT2D eigenvalue weighted by Crippen LogP contribution is 2.38. The van der Waals surface area contributed by atoms with Gasteiger partial charge in [-0.15, -0.1) is 10.2 Å². The van der Waals surface area contributed by atoms with Crippen LogP contribution in [0.1, 0.15) is 24.8 Å². The molecule has 0 aliphatic carbocycles. The number of phenols is 1. The number of anilines is 1. The lowest BCUT2D eigenvalue weighted by Crippen LogP contribution is -2.42. The summed E-state index contributed by atoms with van der Waals surface area (Å²) < 4.78 is 0. The number of rotatable bonds is 4. The van der Waals surface area contributed by atoms with Crippen molar-refractivity contribution in [2.24, 2.45) is 11.1 Å². The first-order chi connectivity index (χ1) is 13.6. The second-order valence-electron chi connectivity index (χ2n) is 7.73. The Balaban J connectivity index is 1.51. The van der Waals surface area contributed by atoms with Crippen molar-refractivity contribution < 1.29 is 5.11 Å². The molecule has 0 radical (unpaired) electrons. The van der Waals surface area contributed by atoms with Gasteiger partial charge in [-0.2, -0.15) is 0 Å². The molecule has 4 rings (SSSR count). The third-order valence-corrected chi connectivity index (χ3v) is 5.92. The lowest BCUT2D eigenvalue weighted by atomic mass is 9.80. The van der Waals surface area contributed by atoms with Gasteiger partial charge in [-0.25, -0.2) is 0 Å². The molecule has 2 saturated heterocycles. The summed E-state index contributed by atoms with van der Waals surface area (Å²) in [5, 5.41) is 30.1. The number of nitrogens with two attached hydrogens (primary N) is 1. The molecule has 1 spiro atoms. The molecule has 1 unspecified atom stereocenters. The molecular weight excluding hydrogens is 352 g/mol. The molecule has 5 N–H and O–H groups in total. The number of nitrogens with one attached hydrogen (secondary N) is 2. The Bertz CT molecular complexity index is 886. The van der Waals surface area contributed by atoms with E-state index in [-0.39, 0.29) is 5.75 Å². The van der Waals surface area contributed by atoms with Crippen molar-refractivity contribution in [2.45, 2.75) is 19.3 Å². The molecule has 2 fully saturated rings. The van der Waals surface area contributed by atoms with Crippen LogP contribution in [-0.4, -0.2) is 47.7 Å². The van der Waals surface area contributed by atoms with E-state index < -0.39 is 0 Å². The van der Waals surface area contributed by atoms with Gasteiger partial charge in [-0.05, 0) is 55.6 Å². The van der Waals surface area contributed by atoms with E-state index in [1.54, 1.807) is 12.1 Å². The molecule has 3 heterocycles. The van der Waals surface area contributed by atoms with Crippen molar-refractivity contribution >= 4 is 17.6 Å². The van der Waals surface area contributed by atoms with E-state index in [0.717, 1.165) is 38.2 Å². The van der Waals surface area contributed by atoms with E-state index >= 15 is 0 Å². The number of aromatic hydroxyl groups is 1. The summed E-state index contributed by atoms with van der Waals surface area (Å²) in [4.78, 5) is 2.31. The van der Waals surface area contributed by atoms with Crippen LogP contribution in [0.2, 0.25) is 0 Å². The molecule has 7 heteroatoms. The summed E-state index contributed by atoms with van der Waals surface area (Å²) in [5.74, 6) is 0.980. The van der Waals surface area contributed by atoms with Gasteiger partial charge in [0.05, 0.1) is 5.69 Å². The van der Waals surface area contributed by atoms with Crippen LogP contribution >= 0.6 is 0 Å². The first kappa shape index (κ1) is 18.4. The smallest absolute Gasteiger partial charge is 0.151 e. The summed E-state index contributed by atoms with van der Waals surface area (Å²) in [6.07, 6.45) is 6.22. The van der Waals surface area contributed by atoms with Crippen LogP contribution < -0.4 is 16.0 Å². The maximum absolute atomic E-state index is 10.4. The Hall–Kier alpha value is -2.93. The predicted octanol–water partition coefficient (Wildman–Crippen LogP) is 2.38. The SMILES string of the molecule is N=C/C(=C\N)c1ccc(-c2ccc(N3CCC4(CCCNC4)C3)nn2)c(O)c1. The number of phenolic OH excluding ortho intramolecular Hbond substituents is 1. The molecule has 7 nitrogen and oxygen atoms in total. The van der Waals surface area contributed by atoms with E-state index in [1.807, 2.05) is 18.2 Å². The average molecular weight is 378 g/mol. The van der Waals surface area contributed by atoms with Crippen molar-refractivity contribution in [2.75, 3.05) is 31.1 Å². The highest BCUT2D eigenvalue weighted by Gasteiger charge is 2.39. The van der Waals surface area contributed by atoms with Crippen molar-refractivity contribution in [3.63, 3.8) is 0 Å². The molecule has 0 amide bonds. The first-order valence-corrected chi connectivity index (χ1v) is 9.70. The second-order valence-corrected chi connectivity index (χ2v) is 7.73. The normalized spacial score (nSPS) is 22.6. The highest BCUT2D eigenvalue weighted by atomic mass is 16.3. The molecule has 2 aliphatic heterocycles. The zero-order valence-corrected chi connectivity index (χ0v) is 15.9. The molecule has 2 aromatic rings. The first-order valence-electron chi connectivity index (χ1n) is 9.70. The topological polar surface area (TPSA) is 111 Å². The van der Waals surface area contributed by atoms with Crippen LogP contribution in [0.4, 0.5) is 5.82 Å². The van der Waals surface area contributed by atoms with Crippen molar-refractivity contribution in [1.82, 2.24) is 15.5 Å².